The van der Waals surface area contributed by atoms with Gasteiger partial charge >= 0.3 is 0 Å². The Morgan fingerprint density at radius 2 is 0.835 bits per heavy atom. The zero-order valence-corrected chi connectivity index (χ0v) is 50.2. The topological polar surface area (TPSA) is 333 Å². The van der Waals surface area contributed by atoms with Crippen molar-refractivity contribution >= 4 is 11.6 Å². The van der Waals surface area contributed by atoms with Gasteiger partial charge in [-0.25, -0.2) is 0 Å². The third kappa shape index (κ3) is 12.6. The van der Waals surface area contributed by atoms with Gasteiger partial charge in [0.15, 0.2) is 37.7 Å². The minimum atomic E-state index is -1.96. The second-order valence-electron chi connectivity index (χ2n) is 25.0. The quantitative estimate of drug-likeness (QED) is 0.0985. The van der Waals surface area contributed by atoms with Crippen molar-refractivity contribution in [2.75, 3.05) is 28.2 Å². The number of rotatable bonds is 15. The van der Waals surface area contributed by atoms with Crippen LogP contribution in [-0.2, 0) is 56.8 Å². The molecule has 9 N–H and O–H groups in total. The van der Waals surface area contributed by atoms with Crippen LogP contribution in [-0.4, -0.2) is 236 Å². The number of benzene rings is 2. The van der Waals surface area contributed by atoms with Crippen molar-refractivity contribution in [3.8, 4) is 23.0 Å². The monoisotopic (exact) mass is 1200 g/mol. The van der Waals surface area contributed by atoms with Crippen molar-refractivity contribution in [2.45, 2.75) is 266 Å². The molecule has 6 aliphatic heterocycles. The van der Waals surface area contributed by atoms with Crippen LogP contribution in [0.4, 0.5) is 0 Å². The third-order valence-electron chi connectivity index (χ3n) is 18.8. The molecule has 6 fully saturated rings. The summed E-state index contributed by atoms with van der Waals surface area (Å²) in [6.45, 7) is 12.3. The van der Waals surface area contributed by atoms with E-state index in [9.17, 15) is 55.5 Å². The van der Waals surface area contributed by atoms with Crippen LogP contribution in [0.15, 0.2) is 12.1 Å². The Morgan fingerprint density at radius 3 is 1.22 bits per heavy atom. The highest BCUT2D eigenvalue weighted by atomic mass is 16.8. The molecule has 25 heteroatoms. The number of phenols is 4. The van der Waals surface area contributed by atoms with Gasteiger partial charge in [-0.2, -0.15) is 0 Å². The third-order valence-corrected chi connectivity index (χ3v) is 18.8. The molecule has 0 bridgehead atoms. The fourth-order valence-electron chi connectivity index (χ4n) is 13.9. The minimum absolute atomic E-state index is 0.0481. The molecule has 85 heavy (non-hydrogen) atoms. The molecule has 476 valence electrons. The summed E-state index contributed by atoms with van der Waals surface area (Å²) >= 11 is 0. The first kappa shape index (κ1) is 64.2. The second kappa shape index (κ2) is 25.6. The molecule has 2 aromatic carbocycles. The number of aromatic hydroxyl groups is 4. The van der Waals surface area contributed by atoms with Crippen LogP contribution in [0.25, 0.3) is 0 Å². The van der Waals surface area contributed by atoms with Crippen LogP contribution in [0.5, 0.6) is 23.0 Å². The van der Waals surface area contributed by atoms with E-state index in [0.29, 0.717) is 25.7 Å². The molecular formula is C60H88N2O23. The van der Waals surface area contributed by atoms with Crippen molar-refractivity contribution in [3.05, 3.63) is 45.5 Å². The summed E-state index contributed by atoms with van der Waals surface area (Å²) < 4.78 is 76.7. The second-order valence-corrected chi connectivity index (χ2v) is 25.0. The molecule has 6 heterocycles. The molecular weight excluding hydrogens is 1120 g/mol. The molecule has 0 spiro atoms. The average Bonchev–Trinajstić information content (AvgIpc) is 0.746. The lowest BCUT2D eigenvalue weighted by Crippen LogP contribution is -2.58. The van der Waals surface area contributed by atoms with Crippen LogP contribution >= 0.6 is 0 Å². The molecule has 10 rings (SSSR count). The fraction of sp³-hybridized carbons (Fsp3) is 0.767. The van der Waals surface area contributed by atoms with Crippen molar-refractivity contribution in [1.82, 2.24) is 9.80 Å². The van der Waals surface area contributed by atoms with Crippen molar-refractivity contribution in [3.63, 3.8) is 0 Å². The zero-order valence-electron chi connectivity index (χ0n) is 50.2. The molecule has 0 saturated carbocycles. The number of ketones is 2. The number of aliphatic hydroxyl groups excluding tert-OH is 4. The Morgan fingerprint density at radius 1 is 0.471 bits per heavy atom. The van der Waals surface area contributed by atoms with Crippen molar-refractivity contribution < 1.29 is 112 Å². The summed E-state index contributed by atoms with van der Waals surface area (Å²) in [5.74, 6) is -5.10. The van der Waals surface area contributed by atoms with Gasteiger partial charge in [-0.15, -0.1) is 0 Å². The van der Waals surface area contributed by atoms with Crippen LogP contribution in [0, 0.1) is 0 Å². The predicted octanol–water partition coefficient (Wildman–Crippen LogP) is 3.38. The number of fused-ring (bicyclic) bond motifs is 3. The average molecular weight is 1210 g/mol. The Hall–Kier alpha value is -3.78. The number of likely N-dealkylation sites (N-methyl/N-ethyl adjacent to an activating group) is 2. The first-order chi connectivity index (χ1) is 40.2. The number of phenolic OH excluding ortho intramolecular Hbond substituents is 4. The lowest BCUT2D eigenvalue weighted by molar-refractivity contribution is -0.334. The van der Waals surface area contributed by atoms with Crippen LogP contribution in [0.3, 0.4) is 0 Å². The lowest BCUT2D eigenvalue weighted by atomic mass is 9.70. The maximum atomic E-state index is 14.6. The highest BCUT2D eigenvalue weighted by Gasteiger charge is 2.56. The van der Waals surface area contributed by atoms with Gasteiger partial charge in [0, 0.05) is 68.2 Å². The molecule has 2 aliphatic carbocycles. The number of ether oxygens (including phenoxy) is 12. The normalized spacial score (nSPS) is 42.5. The van der Waals surface area contributed by atoms with Crippen LogP contribution in [0.2, 0.25) is 0 Å². The lowest BCUT2D eigenvalue weighted by Gasteiger charge is -2.50. The molecule has 25 atom stereocenters. The van der Waals surface area contributed by atoms with E-state index in [2.05, 4.69) is 0 Å². The van der Waals surface area contributed by atoms with Gasteiger partial charge in [0.2, 0.25) is 11.6 Å². The molecule has 8 aliphatic rings. The maximum Gasteiger partial charge on any atom is 0.202 e. The van der Waals surface area contributed by atoms with E-state index in [1.54, 1.807) is 48.5 Å². The van der Waals surface area contributed by atoms with Crippen molar-refractivity contribution in [1.29, 1.82) is 0 Å². The molecule has 2 aromatic rings. The highest BCUT2D eigenvalue weighted by Crippen LogP contribution is 2.59. The maximum absolute atomic E-state index is 14.6. The van der Waals surface area contributed by atoms with Gasteiger partial charge in [-0.1, -0.05) is 6.92 Å². The molecule has 0 aromatic heterocycles. The number of hydrogen-bond acceptors (Lipinski definition) is 25. The largest absolute Gasteiger partial charge is 0.507 e. The van der Waals surface area contributed by atoms with Crippen LogP contribution < -0.4 is 0 Å². The summed E-state index contributed by atoms with van der Waals surface area (Å²) in [5, 5.41) is 104. The summed E-state index contributed by atoms with van der Waals surface area (Å²) in [7, 11) is 7.39. The van der Waals surface area contributed by atoms with Gasteiger partial charge in [0.1, 0.15) is 53.5 Å². The Bertz CT molecular complexity index is 2690. The molecule has 0 radical (unpaired) electrons. The first-order valence-corrected chi connectivity index (χ1v) is 30.1. The van der Waals surface area contributed by atoms with Crippen molar-refractivity contribution in [2.24, 2.45) is 0 Å². The van der Waals surface area contributed by atoms with Gasteiger partial charge in [-0.05, 0) is 101 Å². The SMILES string of the molecule is CC[C@@]1(O)C[C@H](OC2CC(N(C)C)C(OC3CC(O)C(OC4CCC(O)C(C)O4)C(C)O3)C(C)O2)c2c(O)c3c(c(O)c2[C@H]1OC1CC(N(C)C)C(OC2CC(O)C(OC4CCC(O)C(C)O4)C(C)O2)C(C)O1)C(=O)c1c(O)ccc(O)c1C3=O. The Labute approximate surface area is 494 Å². The Balaban J connectivity index is 0.902. The molecule has 0 amide bonds. The van der Waals surface area contributed by atoms with E-state index in [0.717, 1.165) is 12.1 Å². The zero-order chi connectivity index (χ0) is 61.4. The van der Waals surface area contributed by atoms with Gasteiger partial charge < -0.3 is 113 Å². The molecule has 6 saturated heterocycles. The molecule has 25 nitrogen and oxygen atoms in total. The van der Waals surface area contributed by atoms with E-state index in [-0.39, 0.29) is 49.7 Å². The number of nitrogens with zero attached hydrogens (tertiary/aromatic N) is 2. The summed E-state index contributed by atoms with van der Waals surface area (Å²) in [6, 6.07) is 1.17. The van der Waals surface area contributed by atoms with Gasteiger partial charge in [-0.3, -0.25) is 9.59 Å². The first-order valence-electron chi connectivity index (χ1n) is 30.1. The number of carbonyl (C=O) groups is 2. The Kier molecular flexibility index (Phi) is 19.3. The number of aliphatic hydroxyl groups is 5. The standard InChI is InChI=1S/C60H88N2O23/c1-12-60(73)23-38(80-41-19-30(61(8)9)55(26(4)76-41)83-43-21-36(67)57(28(6)78-43)81-39-17-15-32(63)24(2)74-39)47-50(54(72)49-48(53(47)71)51(69)45-34(65)13-14-35(66)46(45)52(49)70)59(60)85-42-20-31(62(10)11)56(27(5)77-42)84-44-22-37(68)58(29(7)79-44)82-40-18-16-33(64)25(3)75-40/h13-14,24-33,36-44,55-59,63-68,71-73H,12,15-23H2,1-11H3/t24?,25?,26?,27?,28?,29?,30?,31?,32?,33?,36?,37?,38-,39?,40?,41?,42?,43?,44?,55?,56?,57?,58?,59+,60+/m0/s1. The minimum Gasteiger partial charge on any atom is -0.507 e. The summed E-state index contributed by atoms with van der Waals surface area (Å²) in [5.41, 5.74) is -4.96. The highest BCUT2D eigenvalue weighted by molar-refractivity contribution is 6.32. The number of hydrogen-bond donors (Lipinski definition) is 9. The predicted molar refractivity (Wildman–Crippen MR) is 295 cm³/mol. The number of carbonyl (C=O) groups excluding carboxylic acids is 2. The summed E-state index contributed by atoms with van der Waals surface area (Å²) in [6.07, 6.45) is -15.9. The van der Waals surface area contributed by atoms with Gasteiger partial charge in [0.05, 0.1) is 95.0 Å². The van der Waals surface area contributed by atoms with Gasteiger partial charge in [0.25, 0.3) is 0 Å². The van der Waals surface area contributed by atoms with E-state index in [4.69, 9.17) is 56.8 Å². The van der Waals surface area contributed by atoms with Crippen LogP contribution in [0.1, 0.15) is 168 Å². The summed E-state index contributed by atoms with van der Waals surface area (Å²) in [4.78, 5) is 33.0. The van der Waals surface area contributed by atoms with E-state index in [1.165, 1.54) is 0 Å². The van der Waals surface area contributed by atoms with E-state index >= 15 is 0 Å². The smallest absolute Gasteiger partial charge is 0.202 e. The van der Waals surface area contributed by atoms with E-state index < -0.39 is 210 Å². The van der Waals surface area contributed by atoms with E-state index in [1.807, 2.05) is 38.0 Å². The fourth-order valence-corrected chi connectivity index (χ4v) is 13.9. The molecule has 22 unspecified atom stereocenters.